The Morgan fingerprint density at radius 2 is 1.44 bits per heavy atom. The zero-order valence-corrected chi connectivity index (χ0v) is 16.3. The molecule has 150 valence electrons. The normalized spacial score (nSPS) is 14.4. The van der Waals surface area contributed by atoms with Crippen molar-refractivity contribution >= 4 is 16.1 Å². The molecule has 2 atom stereocenters. The van der Waals surface area contributed by atoms with Gasteiger partial charge in [0, 0.05) is 5.97 Å². The van der Waals surface area contributed by atoms with Gasteiger partial charge in [-0.15, -0.1) is 0 Å². The van der Waals surface area contributed by atoms with Gasteiger partial charge in [0.2, 0.25) is 0 Å². The number of hydrogen-bond acceptors (Lipinski definition) is 6. The summed E-state index contributed by atoms with van der Waals surface area (Å²) in [5.74, 6) is -1.13. The highest BCUT2D eigenvalue weighted by molar-refractivity contribution is 7.86. The highest BCUT2D eigenvalue weighted by Crippen LogP contribution is 2.19. The van der Waals surface area contributed by atoms with Crippen molar-refractivity contribution < 1.29 is 28.0 Å². The third kappa shape index (κ3) is 15.3. The van der Waals surface area contributed by atoms with Crippen molar-refractivity contribution in [3.63, 3.8) is 0 Å². The van der Waals surface area contributed by atoms with Gasteiger partial charge >= 0.3 is 0 Å². The average Bonchev–Trinajstić information content (AvgIpc) is 2.51. The summed E-state index contributed by atoms with van der Waals surface area (Å²) in [5, 5.41) is 19.2. The fourth-order valence-corrected chi connectivity index (χ4v) is 3.87. The number of carbonyl (C=O) groups is 1. The number of carbonyl (C=O) groups excluding carboxylic acids is 1. The molecule has 0 aliphatic rings. The third-order valence-electron chi connectivity index (χ3n) is 4.49. The molecule has 0 spiro atoms. The van der Waals surface area contributed by atoms with Crippen molar-refractivity contribution in [1.29, 1.82) is 0 Å². The van der Waals surface area contributed by atoms with E-state index in [1.807, 2.05) is 0 Å². The molecular weight excluding hydrogens is 344 g/mol. The minimum atomic E-state index is -4.45. The molecule has 0 aliphatic heterocycles. The lowest BCUT2D eigenvalue weighted by Gasteiger charge is -2.23. The fraction of sp³-hybridized carbons (Fsp3) is 0.944. The van der Waals surface area contributed by atoms with Gasteiger partial charge in [-0.05, 0) is 32.1 Å². The fourth-order valence-electron chi connectivity index (χ4n) is 2.96. The smallest absolute Gasteiger partial charge is 0.0976 e. The van der Waals surface area contributed by atoms with Gasteiger partial charge in [0.25, 0.3) is 0 Å². The second kappa shape index (κ2) is 14.5. The molecule has 0 amide bonds. The summed E-state index contributed by atoms with van der Waals surface area (Å²) in [6.45, 7) is 2.17. The largest absolute Gasteiger partial charge is 0.748 e. The van der Waals surface area contributed by atoms with Crippen LogP contribution in [0.2, 0.25) is 0 Å². The monoisotopic (exact) mass is 378 g/mol. The predicted molar refractivity (Wildman–Crippen MR) is 94.8 cm³/mol. The maximum atomic E-state index is 11.3. The SMILES string of the molecule is CCCCCCCCCC(O)CC(CCCCCC(=O)[O-])S(=O)(=O)[O-]. The molecule has 1 N–H and O–H groups in total. The molecule has 0 saturated carbocycles. The highest BCUT2D eigenvalue weighted by atomic mass is 32.2. The Balaban J connectivity index is 3.98. The summed E-state index contributed by atoms with van der Waals surface area (Å²) in [6, 6.07) is 0. The number of aliphatic hydroxyl groups is 1. The first-order valence-corrected chi connectivity index (χ1v) is 11.1. The number of carboxylic acid groups (broad SMARTS) is 1. The number of hydrogen-bond donors (Lipinski definition) is 1. The van der Waals surface area contributed by atoms with Crippen LogP contribution in [0.1, 0.15) is 96.8 Å². The lowest BCUT2D eigenvalue weighted by molar-refractivity contribution is -0.305. The van der Waals surface area contributed by atoms with Crippen LogP contribution in [-0.4, -0.2) is 35.4 Å². The number of aliphatic carboxylic acids is 1. The standard InChI is InChI=1S/C18H36O6S/c1-2-3-4-5-6-7-9-12-16(19)15-17(25(22,23)24)13-10-8-11-14-18(20)21/h16-17,19H,2-15H2,1H3,(H,20,21)(H,22,23,24)/p-2. The van der Waals surface area contributed by atoms with Crippen molar-refractivity contribution in [2.24, 2.45) is 0 Å². The maximum Gasteiger partial charge on any atom is 0.0976 e. The summed E-state index contributed by atoms with van der Waals surface area (Å²) < 4.78 is 34.0. The maximum absolute atomic E-state index is 11.3. The predicted octanol–water partition coefficient (Wildman–Crippen LogP) is 2.49. The Labute approximate surface area is 152 Å². The molecular formula is C18H34O6S-2. The van der Waals surface area contributed by atoms with Crippen molar-refractivity contribution in [3.05, 3.63) is 0 Å². The van der Waals surface area contributed by atoms with Crippen LogP contribution in [0.15, 0.2) is 0 Å². The zero-order chi connectivity index (χ0) is 19.1. The van der Waals surface area contributed by atoms with E-state index in [1.54, 1.807) is 0 Å². The van der Waals surface area contributed by atoms with E-state index in [2.05, 4.69) is 6.92 Å². The zero-order valence-electron chi connectivity index (χ0n) is 15.5. The second-order valence-corrected chi connectivity index (χ2v) is 8.54. The molecule has 0 fully saturated rings. The summed E-state index contributed by atoms with van der Waals surface area (Å²) >= 11 is 0. The van der Waals surface area contributed by atoms with Crippen LogP contribution in [-0.2, 0) is 14.9 Å². The first-order valence-electron chi connectivity index (χ1n) is 9.60. The van der Waals surface area contributed by atoms with E-state index in [4.69, 9.17) is 0 Å². The first kappa shape index (κ1) is 24.3. The Hall–Kier alpha value is -0.660. The molecule has 0 aromatic heterocycles. The molecule has 0 aromatic rings. The van der Waals surface area contributed by atoms with E-state index in [0.717, 1.165) is 19.3 Å². The average molecular weight is 379 g/mol. The van der Waals surface area contributed by atoms with E-state index >= 15 is 0 Å². The van der Waals surface area contributed by atoms with Crippen LogP contribution < -0.4 is 5.11 Å². The molecule has 0 heterocycles. The van der Waals surface area contributed by atoms with Gasteiger partial charge < -0.3 is 19.6 Å². The molecule has 25 heavy (non-hydrogen) atoms. The Kier molecular flexibility index (Phi) is 14.1. The Morgan fingerprint density at radius 3 is 2.00 bits per heavy atom. The first-order chi connectivity index (χ1) is 11.8. The van der Waals surface area contributed by atoms with Crippen molar-refractivity contribution in [2.45, 2.75) is 108 Å². The molecule has 2 unspecified atom stereocenters. The van der Waals surface area contributed by atoms with E-state index < -0.39 is 27.4 Å². The van der Waals surface area contributed by atoms with E-state index in [0.29, 0.717) is 25.7 Å². The van der Waals surface area contributed by atoms with Crippen LogP contribution in [0.3, 0.4) is 0 Å². The third-order valence-corrected chi connectivity index (χ3v) is 5.74. The van der Waals surface area contributed by atoms with E-state index in [9.17, 15) is 28.0 Å². The van der Waals surface area contributed by atoms with Gasteiger partial charge in [0.1, 0.15) is 0 Å². The molecule has 0 radical (unpaired) electrons. The van der Waals surface area contributed by atoms with Crippen LogP contribution in [0.25, 0.3) is 0 Å². The molecule has 0 bridgehead atoms. The molecule has 0 saturated heterocycles. The number of unbranched alkanes of at least 4 members (excludes halogenated alkanes) is 8. The van der Waals surface area contributed by atoms with Crippen LogP contribution in [0.5, 0.6) is 0 Å². The van der Waals surface area contributed by atoms with Crippen molar-refractivity contribution in [2.75, 3.05) is 0 Å². The lowest BCUT2D eigenvalue weighted by atomic mass is 10.0. The summed E-state index contributed by atoms with van der Waals surface area (Å²) in [4.78, 5) is 10.3. The molecule has 0 aliphatic carbocycles. The summed E-state index contributed by atoms with van der Waals surface area (Å²) in [6.07, 6.45) is 9.08. The Morgan fingerprint density at radius 1 is 0.920 bits per heavy atom. The topological polar surface area (TPSA) is 118 Å². The van der Waals surface area contributed by atoms with Crippen molar-refractivity contribution in [3.8, 4) is 0 Å². The van der Waals surface area contributed by atoms with Gasteiger partial charge in [-0.3, -0.25) is 0 Å². The summed E-state index contributed by atoms with van der Waals surface area (Å²) in [5.41, 5.74) is 0. The van der Waals surface area contributed by atoms with Gasteiger partial charge in [0.05, 0.1) is 21.5 Å². The van der Waals surface area contributed by atoms with Crippen LogP contribution in [0.4, 0.5) is 0 Å². The number of rotatable bonds is 17. The minimum Gasteiger partial charge on any atom is -0.748 e. The number of carboxylic acids is 1. The molecule has 0 rings (SSSR count). The second-order valence-electron chi connectivity index (χ2n) is 6.89. The number of aliphatic hydroxyl groups excluding tert-OH is 1. The van der Waals surface area contributed by atoms with Crippen LogP contribution >= 0.6 is 0 Å². The van der Waals surface area contributed by atoms with Crippen LogP contribution in [0, 0.1) is 0 Å². The van der Waals surface area contributed by atoms with E-state index in [1.165, 1.54) is 25.7 Å². The van der Waals surface area contributed by atoms with Gasteiger partial charge in [-0.1, -0.05) is 64.7 Å². The molecule has 0 aromatic carbocycles. The molecule has 7 heteroatoms. The van der Waals surface area contributed by atoms with Gasteiger partial charge in [-0.25, -0.2) is 8.42 Å². The Bertz CT molecular complexity index is 435. The quantitative estimate of drug-likeness (QED) is 0.307. The highest BCUT2D eigenvalue weighted by Gasteiger charge is 2.20. The molecule has 6 nitrogen and oxygen atoms in total. The van der Waals surface area contributed by atoms with Gasteiger partial charge in [0.15, 0.2) is 0 Å². The lowest BCUT2D eigenvalue weighted by Crippen LogP contribution is -2.26. The van der Waals surface area contributed by atoms with Gasteiger partial charge in [-0.2, -0.15) is 0 Å². The summed E-state index contributed by atoms with van der Waals surface area (Å²) in [7, 11) is -4.45. The minimum absolute atomic E-state index is 0.0256. The van der Waals surface area contributed by atoms with E-state index in [-0.39, 0.29) is 19.3 Å². The van der Waals surface area contributed by atoms with Crippen molar-refractivity contribution in [1.82, 2.24) is 0 Å².